The summed E-state index contributed by atoms with van der Waals surface area (Å²) >= 11 is 3.27. The Labute approximate surface area is 159 Å². The third-order valence-electron chi connectivity index (χ3n) is 3.35. The second-order valence-electron chi connectivity index (χ2n) is 5.53. The molecule has 0 aliphatic carbocycles. The lowest BCUT2D eigenvalue weighted by Crippen LogP contribution is -2.43. The van der Waals surface area contributed by atoms with E-state index in [1.807, 2.05) is 25.1 Å². The maximum atomic E-state index is 12.0. The largest absolute Gasteiger partial charge is 0.452 e. The van der Waals surface area contributed by atoms with Crippen LogP contribution in [0, 0.1) is 0 Å². The van der Waals surface area contributed by atoms with E-state index in [0.717, 1.165) is 10.2 Å². The highest BCUT2D eigenvalue weighted by molar-refractivity contribution is 9.10. The number of carbonyl (C=O) groups is 3. The zero-order valence-electron chi connectivity index (χ0n) is 14.3. The number of hydrogen-bond acceptors (Lipinski definition) is 5. The molecule has 7 nitrogen and oxygen atoms in total. The summed E-state index contributed by atoms with van der Waals surface area (Å²) in [6.45, 7) is -0.508. The molecular weight excluding hydrogens is 402 g/mol. The quantitative estimate of drug-likeness (QED) is 0.572. The first-order valence-electron chi connectivity index (χ1n) is 7.66. The van der Waals surface area contributed by atoms with Gasteiger partial charge in [0.15, 0.2) is 6.61 Å². The smallest absolute Gasteiger partial charge is 0.338 e. The molecule has 2 amide bonds. The number of carbonyl (C=O) groups excluding carboxylic acids is 3. The van der Waals surface area contributed by atoms with Gasteiger partial charge in [0.1, 0.15) is 0 Å². The Hall–Kier alpha value is -2.87. The summed E-state index contributed by atoms with van der Waals surface area (Å²) in [4.78, 5) is 37.4. The molecule has 136 valence electrons. The van der Waals surface area contributed by atoms with Crippen molar-refractivity contribution in [2.45, 2.75) is 0 Å². The highest BCUT2D eigenvalue weighted by Crippen LogP contribution is 2.14. The van der Waals surface area contributed by atoms with Crippen LogP contribution in [-0.2, 0) is 9.53 Å². The first-order chi connectivity index (χ1) is 12.4. The lowest BCUT2D eigenvalue weighted by Gasteiger charge is -2.13. The van der Waals surface area contributed by atoms with E-state index in [0.29, 0.717) is 11.1 Å². The van der Waals surface area contributed by atoms with Crippen molar-refractivity contribution in [2.24, 2.45) is 0 Å². The van der Waals surface area contributed by atoms with Gasteiger partial charge in [0.25, 0.3) is 11.8 Å². The highest BCUT2D eigenvalue weighted by atomic mass is 79.9. The number of ether oxygens (including phenoxy) is 1. The molecule has 0 saturated carbocycles. The van der Waals surface area contributed by atoms with Gasteiger partial charge in [-0.3, -0.25) is 20.4 Å². The lowest BCUT2D eigenvalue weighted by atomic mass is 10.2. The summed E-state index contributed by atoms with van der Waals surface area (Å²) in [6, 6.07) is 13.5. The molecule has 2 aromatic carbocycles. The van der Waals surface area contributed by atoms with Crippen LogP contribution in [0.2, 0.25) is 0 Å². The molecule has 2 aromatic rings. The topological polar surface area (TPSA) is 87.7 Å². The minimum atomic E-state index is -0.646. The van der Waals surface area contributed by atoms with E-state index in [1.54, 1.807) is 42.5 Å². The maximum Gasteiger partial charge on any atom is 0.338 e. The number of hydrogen-bond donors (Lipinski definition) is 2. The van der Waals surface area contributed by atoms with Gasteiger partial charge >= 0.3 is 5.97 Å². The molecule has 0 heterocycles. The second kappa shape index (κ2) is 9.00. The first kappa shape index (κ1) is 19.5. The number of halogens is 1. The number of rotatable bonds is 5. The number of amides is 2. The molecule has 0 saturated heterocycles. The van der Waals surface area contributed by atoms with Gasteiger partial charge in [-0.15, -0.1) is 0 Å². The van der Waals surface area contributed by atoms with Gasteiger partial charge in [-0.1, -0.05) is 22.0 Å². The molecule has 2 rings (SSSR count). The van der Waals surface area contributed by atoms with Gasteiger partial charge in [-0.2, -0.15) is 0 Å². The molecular formula is C18H18BrN3O4. The fraction of sp³-hybridized carbons (Fsp3) is 0.167. The van der Waals surface area contributed by atoms with Gasteiger partial charge in [-0.05, 0) is 42.5 Å². The van der Waals surface area contributed by atoms with Crippen molar-refractivity contribution in [3.05, 3.63) is 64.1 Å². The minimum Gasteiger partial charge on any atom is -0.452 e. The van der Waals surface area contributed by atoms with Gasteiger partial charge in [0.05, 0.1) is 5.56 Å². The van der Waals surface area contributed by atoms with E-state index in [4.69, 9.17) is 4.74 Å². The predicted octanol–water partition coefficient (Wildman–Crippen LogP) is 2.13. The SMILES string of the molecule is CN(C)c1cccc(C(=O)OCC(=O)NNC(=O)c2ccc(Br)cc2)c1. The summed E-state index contributed by atoms with van der Waals surface area (Å²) < 4.78 is 5.79. The number of nitrogens with zero attached hydrogens (tertiary/aromatic N) is 1. The number of hydrazine groups is 1. The van der Waals surface area contributed by atoms with Gasteiger partial charge in [0.2, 0.25) is 0 Å². The maximum absolute atomic E-state index is 12.0. The Morgan fingerprint density at radius 3 is 2.35 bits per heavy atom. The fourth-order valence-corrected chi connectivity index (χ4v) is 2.23. The fourth-order valence-electron chi connectivity index (χ4n) is 1.96. The molecule has 0 aliphatic heterocycles. The van der Waals surface area contributed by atoms with Crippen LogP contribution in [0.5, 0.6) is 0 Å². The van der Waals surface area contributed by atoms with Crippen molar-refractivity contribution in [1.82, 2.24) is 10.9 Å². The minimum absolute atomic E-state index is 0.336. The van der Waals surface area contributed by atoms with E-state index in [9.17, 15) is 14.4 Å². The number of anilines is 1. The summed E-state index contributed by atoms with van der Waals surface area (Å²) in [6.07, 6.45) is 0. The van der Waals surface area contributed by atoms with Crippen LogP contribution in [0.4, 0.5) is 5.69 Å². The summed E-state index contributed by atoms with van der Waals surface area (Å²) in [5.74, 6) is -1.74. The van der Waals surface area contributed by atoms with Crippen LogP contribution in [0.3, 0.4) is 0 Å². The average molecular weight is 420 g/mol. The molecule has 0 fully saturated rings. The van der Waals surface area contributed by atoms with Crippen molar-refractivity contribution in [1.29, 1.82) is 0 Å². The number of benzene rings is 2. The lowest BCUT2D eigenvalue weighted by molar-refractivity contribution is -0.125. The molecule has 0 atom stereocenters. The van der Waals surface area contributed by atoms with Gasteiger partial charge < -0.3 is 9.64 Å². The van der Waals surface area contributed by atoms with E-state index < -0.39 is 24.4 Å². The molecule has 0 bridgehead atoms. The van der Waals surface area contributed by atoms with Crippen LogP contribution >= 0.6 is 15.9 Å². The first-order valence-corrected chi connectivity index (χ1v) is 8.45. The van der Waals surface area contributed by atoms with Gasteiger partial charge in [-0.25, -0.2) is 4.79 Å². The van der Waals surface area contributed by atoms with Crippen LogP contribution in [0.1, 0.15) is 20.7 Å². The number of nitrogens with one attached hydrogen (secondary N) is 2. The van der Waals surface area contributed by atoms with Crippen LogP contribution < -0.4 is 15.8 Å². The van der Waals surface area contributed by atoms with E-state index in [-0.39, 0.29) is 0 Å². The van der Waals surface area contributed by atoms with Crippen molar-refractivity contribution in [3.8, 4) is 0 Å². The zero-order valence-corrected chi connectivity index (χ0v) is 15.9. The number of esters is 1. The molecule has 0 spiro atoms. The van der Waals surface area contributed by atoms with Crippen LogP contribution in [0.15, 0.2) is 53.0 Å². The third-order valence-corrected chi connectivity index (χ3v) is 3.88. The zero-order chi connectivity index (χ0) is 19.1. The summed E-state index contributed by atoms with van der Waals surface area (Å²) in [5, 5.41) is 0. The average Bonchev–Trinajstić information content (AvgIpc) is 2.64. The molecule has 0 aliphatic rings. The molecule has 26 heavy (non-hydrogen) atoms. The molecule has 2 N–H and O–H groups in total. The Kier molecular flexibility index (Phi) is 6.74. The Bertz CT molecular complexity index is 806. The summed E-state index contributed by atoms with van der Waals surface area (Å²) in [7, 11) is 3.71. The molecule has 0 aromatic heterocycles. The Morgan fingerprint density at radius 2 is 1.69 bits per heavy atom. The van der Waals surface area contributed by atoms with Crippen molar-refractivity contribution in [3.63, 3.8) is 0 Å². The Morgan fingerprint density at radius 1 is 1.00 bits per heavy atom. The van der Waals surface area contributed by atoms with Crippen LogP contribution in [-0.4, -0.2) is 38.5 Å². The van der Waals surface area contributed by atoms with E-state index in [2.05, 4.69) is 26.8 Å². The second-order valence-corrected chi connectivity index (χ2v) is 6.45. The standard InChI is InChI=1S/C18H18BrN3O4/c1-22(2)15-5-3-4-13(10-15)18(25)26-11-16(23)20-21-17(24)12-6-8-14(19)9-7-12/h3-10H,11H2,1-2H3,(H,20,23)(H,21,24). The Balaban J connectivity index is 1.81. The monoisotopic (exact) mass is 419 g/mol. The van der Waals surface area contributed by atoms with Crippen molar-refractivity contribution in [2.75, 3.05) is 25.6 Å². The van der Waals surface area contributed by atoms with E-state index in [1.165, 1.54) is 0 Å². The van der Waals surface area contributed by atoms with E-state index >= 15 is 0 Å². The van der Waals surface area contributed by atoms with Crippen LogP contribution in [0.25, 0.3) is 0 Å². The molecule has 0 radical (unpaired) electrons. The predicted molar refractivity (Wildman–Crippen MR) is 101 cm³/mol. The highest BCUT2D eigenvalue weighted by Gasteiger charge is 2.12. The van der Waals surface area contributed by atoms with Crippen molar-refractivity contribution >= 4 is 39.4 Å². The van der Waals surface area contributed by atoms with Gasteiger partial charge in [0, 0.05) is 29.8 Å². The summed E-state index contributed by atoms with van der Waals surface area (Å²) in [5.41, 5.74) is 6.01. The third kappa shape index (κ3) is 5.59. The van der Waals surface area contributed by atoms with Crippen molar-refractivity contribution < 1.29 is 19.1 Å². The normalized spacial score (nSPS) is 9.96. The molecule has 0 unspecified atom stereocenters. The molecule has 8 heteroatoms.